The van der Waals surface area contributed by atoms with Crippen molar-refractivity contribution in [3.63, 3.8) is 0 Å². The molecule has 25 heavy (non-hydrogen) atoms. The number of benzene rings is 2. The minimum Gasteiger partial charge on any atom is -0.411 e. The number of rotatable bonds is 5. The van der Waals surface area contributed by atoms with Crippen molar-refractivity contribution in [2.24, 2.45) is 5.16 Å². The van der Waals surface area contributed by atoms with E-state index < -0.39 is 0 Å². The first-order chi connectivity index (χ1) is 12.2. The van der Waals surface area contributed by atoms with Gasteiger partial charge in [-0.05, 0) is 42.7 Å². The van der Waals surface area contributed by atoms with E-state index in [0.29, 0.717) is 12.1 Å². The lowest BCUT2D eigenvalue weighted by molar-refractivity contribution is 0.317. The fourth-order valence-electron chi connectivity index (χ4n) is 3.21. The zero-order valence-electron chi connectivity index (χ0n) is 14.6. The Morgan fingerprint density at radius 2 is 1.72 bits per heavy atom. The van der Waals surface area contributed by atoms with Crippen LogP contribution in [0.2, 0.25) is 0 Å². The minimum absolute atomic E-state index is 0.127. The van der Waals surface area contributed by atoms with Crippen LogP contribution in [0.1, 0.15) is 40.3 Å². The van der Waals surface area contributed by atoms with Gasteiger partial charge in [0.05, 0.1) is 5.71 Å². The zero-order valence-corrected chi connectivity index (χ0v) is 14.6. The lowest BCUT2D eigenvalue weighted by atomic mass is 9.83. The molecule has 0 aliphatic heterocycles. The van der Waals surface area contributed by atoms with Gasteiger partial charge in [-0.15, -0.1) is 0 Å². The summed E-state index contributed by atoms with van der Waals surface area (Å²) in [5.41, 5.74) is 6.18. The van der Waals surface area contributed by atoms with Crippen LogP contribution in [0.25, 0.3) is 0 Å². The molecule has 3 nitrogen and oxygen atoms in total. The van der Waals surface area contributed by atoms with E-state index in [0.717, 1.165) is 11.3 Å². The van der Waals surface area contributed by atoms with Crippen LogP contribution in [0, 0.1) is 13.8 Å². The highest BCUT2D eigenvalue weighted by Gasteiger charge is 2.20. The van der Waals surface area contributed by atoms with Crippen LogP contribution in [-0.2, 0) is 0 Å². The van der Waals surface area contributed by atoms with Gasteiger partial charge in [0.15, 0.2) is 0 Å². The molecular formula is C22H22N2O. The fraction of sp³-hybridized carbons (Fsp3) is 0.182. The smallest absolute Gasteiger partial charge is 0.0878 e. The third kappa shape index (κ3) is 3.94. The quantitative estimate of drug-likeness (QED) is 0.402. The third-order valence-electron chi connectivity index (χ3n) is 4.51. The Hall–Kier alpha value is -2.94. The van der Waals surface area contributed by atoms with Crippen molar-refractivity contribution in [3.05, 3.63) is 101 Å². The van der Waals surface area contributed by atoms with Crippen molar-refractivity contribution in [1.29, 1.82) is 0 Å². The molecule has 3 rings (SSSR count). The maximum Gasteiger partial charge on any atom is 0.0878 e. The number of oxime groups is 1. The predicted molar refractivity (Wildman–Crippen MR) is 101 cm³/mol. The van der Waals surface area contributed by atoms with E-state index in [-0.39, 0.29) is 5.92 Å². The number of aromatic nitrogens is 1. The van der Waals surface area contributed by atoms with E-state index in [9.17, 15) is 5.21 Å². The Morgan fingerprint density at radius 3 is 2.40 bits per heavy atom. The van der Waals surface area contributed by atoms with Crippen LogP contribution in [-0.4, -0.2) is 15.9 Å². The Morgan fingerprint density at radius 1 is 1.00 bits per heavy atom. The van der Waals surface area contributed by atoms with Crippen LogP contribution in [0.15, 0.2) is 78.1 Å². The molecule has 1 atom stereocenters. The Labute approximate surface area is 148 Å². The van der Waals surface area contributed by atoms with Crippen molar-refractivity contribution in [2.75, 3.05) is 0 Å². The number of aryl methyl sites for hydroxylation is 2. The van der Waals surface area contributed by atoms with Gasteiger partial charge in [0.2, 0.25) is 0 Å². The van der Waals surface area contributed by atoms with Gasteiger partial charge in [0, 0.05) is 29.8 Å². The van der Waals surface area contributed by atoms with Crippen molar-refractivity contribution in [1.82, 2.24) is 4.98 Å². The molecule has 0 spiro atoms. The maximum absolute atomic E-state index is 9.65. The van der Waals surface area contributed by atoms with E-state index >= 15 is 0 Å². The standard InChI is InChI=1S/C22H22N2O/c1-16-8-6-7-11-20(16)21(18-9-4-3-5-10-18)15-22(24-25)19-12-13-23-17(2)14-19/h3-14,21,25H,15H2,1-2H3/t21-/m1/s1. The molecule has 0 radical (unpaired) electrons. The van der Waals surface area contributed by atoms with Crippen LogP contribution in [0.3, 0.4) is 0 Å². The molecule has 2 aromatic carbocycles. The normalized spacial score (nSPS) is 12.8. The second-order valence-electron chi connectivity index (χ2n) is 6.26. The monoisotopic (exact) mass is 330 g/mol. The maximum atomic E-state index is 9.65. The van der Waals surface area contributed by atoms with E-state index in [1.807, 2.05) is 43.3 Å². The van der Waals surface area contributed by atoms with Crippen LogP contribution < -0.4 is 0 Å². The molecule has 0 aliphatic rings. The summed E-state index contributed by atoms with van der Waals surface area (Å²) >= 11 is 0. The van der Waals surface area contributed by atoms with Gasteiger partial charge in [-0.1, -0.05) is 59.8 Å². The van der Waals surface area contributed by atoms with Gasteiger partial charge >= 0.3 is 0 Å². The average Bonchev–Trinajstić information content (AvgIpc) is 2.64. The molecule has 0 saturated heterocycles. The summed E-state index contributed by atoms with van der Waals surface area (Å²) in [7, 11) is 0. The summed E-state index contributed by atoms with van der Waals surface area (Å²) in [5.74, 6) is 0.127. The van der Waals surface area contributed by atoms with Crippen LogP contribution in [0.5, 0.6) is 0 Å². The van der Waals surface area contributed by atoms with E-state index in [1.54, 1.807) is 6.20 Å². The molecule has 0 unspecified atom stereocenters. The summed E-state index contributed by atoms with van der Waals surface area (Å²) in [4.78, 5) is 4.23. The highest BCUT2D eigenvalue weighted by molar-refractivity contribution is 6.00. The molecule has 0 fully saturated rings. The number of nitrogens with zero attached hydrogens (tertiary/aromatic N) is 2. The molecule has 0 amide bonds. The van der Waals surface area contributed by atoms with Crippen molar-refractivity contribution >= 4 is 5.71 Å². The lowest BCUT2D eigenvalue weighted by Gasteiger charge is -2.21. The second-order valence-corrected chi connectivity index (χ2v) is 6.26. The van der Waals surface area contributed by atoms with E-state index in [4.69, 9.17) is 0 Å². The first-order valence-electron chi connectivity index (χ1n) is 8.43. The Balaban J connectivity index is 2.02. The predicted octanol–water partition coefficient (Wildman–Crippen LogP) is 5.10. The molecule has 1 heterocycles. The first kappa shape index (κ1) is 16.9. The average molecular weight is 330 g/mol. The Bertz CT molecular complexity index is 872. The molecule has 1 N–H and O–H groups in total. The molecule has 126 valence electrons. The number of pyridine rings is 1. The first-order valence-corrected chi connectivity index (χ1v) is 8.43. The van der Waals surface area contributed by atoms with Crippen LogP contribution in [0.4, 0.5) is 0 Å². The van der Waals surface area contributed by atoms with Crippen LogP contribution >= 0.6 is 0 Å². The van der Waals surface area contributed by atoms with E-state index in [1.165, 1.54) is 16.7 Å². The van der Waals surface area contributed by atoms with Gasteiger partial charge in [-0.25, -0.2) is 0 Å². The van der Waals surface area contributed by atoms with Gasteiger partial charge in [0.1, 0.15) is 0 Å². The van der Waals surface area contributed by atoms with Gasteiger partial charge in [-0.2, -0.15) is 0 Å². The molecule has 3 heteroatoms. The highest BCUT2D eigenvalue weighted by Crippen LogP contribution is 2.31. The SMILES string of the molecule is Cc1cc(C(C[C@H](c2ccccc2)c2ccccc2C)=NO)ccn1. The second kappa shape index (κ2) is 7.75. The number of hydrogen-bond acceptors (Lipinski definition) is 3. The summed E-state index contributed by atoms with van der Waals surface area (Å²) in [5, 5.41) is 13.3. The van der Waals surface area contributed by atoms with Crippen molar-refractivity contribution < 1.29 is 5.21 Å². The molecule has 0 bridgehead atoms. The van der Waals surface area contributed by atoms with E-state index in [2.05, 4.69) is 47.4 Å². The molecular weight excluding hydrogens is 308 g/mol. The summed E-state index contributed by atoms with van der Waals surface area (Å²) in [6, 6.07) is 22.6. The van der Waals surface area contributed by atoms with Gasteiger partial charge in [0.25, 0.3) is 0 Å². The fourth-order valence-corrected chi connectivity index (χ4v) is 3.21. The third-order valence-corrected chi connectivity index (χ3v) is 4.51. The Kier molecular flexibility index (Phi) is 5.24. The van der Waals surface area contributed by atoms with Crippen molar-refractivity contribution in [2.45, 2.75) is 26.2 Å². The zero-order chi connectivity index (χ0) is 17.6. The largest absolute Gasteiger partial charge is 0.411 e. The van der Waals surface area contributed by atoms with Gasteiger partial charge < -0.3 is 5.21 Å². The lowest BCUT2D eigenvalue weighted by Crippen LogP contribution is -2.12. The topological polar surface area (TPSA) is 45.5 Å². The minimum atomic E-state index is 0.127. The summed E-state index contributed by atoms with van der Waals surface area (Å²) in [6.45, 7) is 4.06. The summed E-state index contributed by atoms with van der Waals surface area (Å²) in [6.07, 6.45) is 2.37. The number of hydrogen-bond donors (Lipinski definition) is 1. The van der Waals surface area contributed by atoms with Gasteiger partial charge in [-0.3, -0.25) is 4.98 Å². The van der Waals surface area contributed by atoms with Crippen molar-refractivity contribution in [3.8, 4) is 0 Å². The molecule has 1 aromatic heterocycles. The highest BCUT2D eigenvalue weighted by atomic mass is 16.4. The summed E-state index contributed by atoms with van der Waals surface area (Å²) < 4.78 is 0. The molecule has 0 aliphatic carbocycles. The molecule has 0 saturated carbocycles. The molecule has 3 aromatic rings.